The summed E-state index contributed by atoms with van der Waals surface area (Å²) >= 11 is 0. The minimum absolute atomic E-state index is 0.0249. The van der Waals surface area contributed by atoms with Crippen LogP contribution in [0.2, 0.25) is 0 Å². The van der Waals surface area contributed by atoms with Crippen LogP contribution in [0.1, 0.15) is 0 Å². The minimum atomic E-state index is 0.0249. The smallest absolute Gasteiger partial charge is 0.242 e. The maximum absolute atomic E-state index is 12.2. The molecule has 0 bridgehead atoms. The molecule has 3 heteroatoms. The van der Waals surface area contributed by atoms with E-state index in [2.05, 4.69) is 30.6 Å². The van der Waals surface area contributed by atoms with E-state index in [9.17, 15) is 4.79 Å². The molecule has 0 atom stereocenters. The van der Waals surface area contributed by atoms with Gasteiger partial charge in [0.1, 0.15) is 0 Å². The van der Waals surface area contributed by atoms with Crippen LogP contribution in [0.25, 0.3) is 11.1 Å². The Hall–Kier alpha value is -2.81. The first-order valence-corrected chi connectivity index (χ1v) is 7.63. The van der Waals surface area contributed by atoms with E-state index < -0.39 is 0 Å². The molecule has 1 amide bonds. The highest BCUT2D eigenvalue weighted by atomic mass is 16.2. The van der Waals surface area contributed by atoms with Crippen LogP contribution >= 0.6 is 0 Å². The van der Waals surface area contributed by atoms with E-state index in [0.717, 1.165) is 11.3 Å². The van der Waals surface area contributed by atoms with Crippen LogP contribution in [0.5, 0.6) is 0 Å². The number of benzene rings is 2. The lowest BCUT2D eigenvalue weighted by Gasteiger charge is -2.19. The molecule has 0 aliphatic rings. The Bertz CT molecular complexity index is 637. The third-order valence-electron chi connectivity index (χ3n) is 3.49. The van der Waals surface area contributed by atoms with E-state index >= 15 is 0 Å². The summed E-state index contributed by atoms with van der Waals surface area (Å²) in [6.45, 7) is 8.66. The molecule has 0 saturated carbocycles. The quantitative estimate of drug-likeness (QED) is 0.749. The summed E-state index contributed by atoms with van der Waals surface area (Å²) in [6, 6.07) is 18.3. The van der Waals surface area contributed by atoms with Crippen LogP contribution in [-0.2, 0) is 4.79 Å². The Balaban J connectivity index is 1.94. The molecule has 1 N–H and O–H groups in total. The largest absolute Gasteiger partial charge is 0.376 e. The van der Waals surface area contributed by atoms with Crippen LogP contribution in [0, 0.1) is 0 Å². The summed E-state index contributed by atoms with van der Waals surface area (Å²) in [4.78, 5) is 13.9. The van der Waals surface area contributed by atoms with Gasteiger partial charge in [0.25, 0.3) is 0 Å². The molecule has 0 unspecified atom stereocenters. The van der Waals surface area contributed by atoms with Crippen molar-refractivity contribution >= 4 is 11.6 Å². The van der Waals surface area contributed by atoms with Crippen molar-refractivity contribution in [3.05, 3.63) is 79.9 Å². The number of amides is 1. The zero-order chi connectivity index (χ0) is 16.5. The summed E-state index contributed by atoms with van der Waals surface area (Å²) in [5, 5.41) is 3.16. The van der Waals surface area contributed by atoms with Gasteiger partial charge in [-0.3, -0.25) is 4.79 Å². The molecule has 0 heterocycles. The number of rotatable bonds is 8. The molecule has 23 heavy (non-hydrogen) atoms. The third-order valence-corrected chi connectivity index (χ3v) is 3.49. The van der Waals surface area contributed by atoms with E-state index in [4.69, 9.17) is 0 Å². The molecule has 0 fully saturated rings. The standard InChI is InChI=1S/C20H22N2O/c1-3-14-22(15-4-2)20(23)16-21-19-12-10-18(11-13-19)17-8-6-5-7-9-17/h3-13,21H,1-2,14-16H2. The Morgan fingerprint density at radius 1 is 0.913 bits per heavy atom. The van der Waals surface area contributed by atoms with Gasteiger partial charge in [0, 0.05) is 18.8 Å². The molecule has 0 saturated heterocycles. The van der Waals surface area contributed by atoms with Crippen molar-refractivity contribution in [2.45, 2.75) is 0 Å². The average Bonchev–Trinajstić information content (AvgIpc) is 2.61. The van der Waals surface area contributed by atoms with E-state index in [-0.39, 0.29) is 12.5 Å². The molecule has 0 aliphatic heterocycles. The number of nitrogens with one attached hydrogen (secondary N) is 1. The number of carbonyl (C=O) groups is 1. The topological polar surface area (TPSA) is 32.3 Å². The van der Waals surface area contributed by atoms with Gasteiger partial charge >= 0.3 is 0 Å². The fraction of sp³-hybridized carbons (Fsp3) is 0.150. The second-order valence-electron chi connectivity index (χ2n) is 5.17. The first-order valence-electron chi connectivity index (χ1n) is 7.63. The maximum Gasteiger partial charge on any atom is 0.242 e. The van der Waals surface area contributed by atoms with Gasteiger partial charge in [0.2, 0.25) is 5.91 Å². The number of carbonyl (C=O) groups excluding carboxylic acids is 1. The molecular formula is C20H22N2O. The highest BCUT2D eigenvalue weighted by molar-refractivity contribution is 5.81. The third kappa shape index (κ3) is 4.85. The lowest BCUT2D eigenvalue weighted by atomic mass is 10.1. The molecule has 0 radical (unpaired) electrons. The van der Waals surface area contributed by atoms with Gasteiger partial charge in [0.05, 0.1) is 6.54 Å². The van der Waals surface area contributed by atoms with Gasteiger partial charge in [-0.2, -0.15) is 0 Å². The Labute approximate surface area is 138 Å². The predicted octanol–water partition coefficient (Wildman–Crippen LogP) is 3.97. The van der Waals surface area contributed by atoms with Gasteiger partial charge in [-0.05, 0) is 23.3 Å². The summed E-state index contributed by atoms with van der Waals surface area (Å²) in [7, 11) is 0. The van der Waals surface area contributed by atoms with Crippen LogP contribution in [0.3, 0.4) is 0 Å². The van der Waals surface area contributed by atoms with Gasteiger partial charge in [-0.1, -0.05) is 54.6 Å². The minimum Gasteiger partial charge on any atom is -0.376 e. The van der Waals surface area contributed by atoms with Crippen molar-refractivity contribution in [3.63, 3.8) is 0 Å². The van der Waals surface area contributed by atoms with Crippen molar-refractivity contribution in [1.29, 1.82) is 0 Å². The van der Waals surface area contributed by atoms with E-state index in [1.165, 1.54) is 5.56 Å². The van der Waals surface area contributed by atoms with Crippen molar-refractivity contribution < 1.29 is 4.79 Å². The first kappa shape index (κ1) is 16.6. The zero-order valence-electron chi connectivity index (χ0n) is 13.2. The van der Waals surface area contributed by atoms with Gasteiger partial charge < -0.3 is 10.2 Å². The van der Waals surface area contributed by atoms with Crippen molar-refractivity contribution in [1.82, 2.24) is 4.90 Å². The van der Waals surface area contributed by atoms with Gasteiger partial charge in [0.15, 0.2) is 0 Å². The summed E-state index contributed by atoms with van der Waals surface area (Å²) in [6.07, 6.45) is 3.44. The van der Waals surface area contributed by atoms with Crippen molar-refractivity contribution in [2.24, 2.45) is 0 Å². The lowest BCUT2D eigenvalue weighted by molar-refractivity contribution is -0.128. The number of nitrogens with zero attached hydrogens (tertiary/aromatic N) is 1. The SMILES string of the molecule is C=CCN(CC=C)C(=O)CNc1ccc(-c2ccccc2)cc1. The second kappa shape index (κ2) is 8.59. The molecule has 2 aromatic carbocycles. The highest BCUT2D eigenvalue weighted by Gasteiger charge is 2.09. The monoisotopic (exact) mass is 306 g/mol. The van der Waals surface area contributed by atoms with Gasteiger partial charge in [-0.15, -0.1) is 13.2 Å². The number of hydrogen-bond acceptors (Lipinski definition) is 2. The summed E-state index contributed by atoms with van der Waals surface area (Å²) in [5.74, 6) is 0.0249. The van der Waals surface area contributed by atoms with Crippen LogP contribution in [-0.4, -0.2) is 30.4 Å². The van der Waals surface area contributed by atoms with Crippen LogP contribution in [0.4, 0.5) is 5.69 Å². The zero-order valence-corrected chi connectivity index (χ0v) is 13.2. The molecule has 0 spiro atoms. The van der Waals surface area contributed by atoms with Gasteiger partial charge in [-0.25, -0.2) is 0 Å². The van der Waals surface area contributed by atoms with Crippen molar-refractivity contribution in [2.75, 3.05) is 25.0 Å². The molecule has 0 aromatic heterocycles. The second-order valence-corrected chi connectivity index (χ2v) is 5.17. The van der Waals surface area contributed by atoms with E-state index in [1.54, 1.807) is 17.1 Å². The lowest BCUT2D eigenvalue weighted by Crippen LogP contribution is -2.35. The Kier molecular flexibility index (Phi) is 6.18. The molecule has 3 nitrogen and oxygen atoms in total. The molecule has 2 aromatic rings. The summed E-state index contributed by atoms with van der Waals surface area (Å²) in [5.41, 5.74) is 3.26. The fourth-order valence-corrected chi connectivity index (χ4v) is 2.29. The van der Waals surface area contributed by atoms with Crippen LogP contribution < -0.4 is 5.32 Å². The normalized spacial score (nSPS) is 9.91. The van der Waals surface area contributed by atoms with E-state index in [0.29, 0.717) is 13.1 Å². The average molecular weight is 306 g/mol. The summed E-state index contributed by atoms with van der Waals surface area (Å²) < 4.78 is 0. The molecule has 2 rings (SSSR count). The Morgan fingerprint density at radius 3 is 2.04 bits per heavy atom. The number of anilines is 1. The molecule has 0 aliphatic carbocycles. The fourth-order valence-electron chi connectivity index (χ4n) is 2.29. The highest BCUT2D eigenvalue weighted by Crippen LogP contribution is 2.20. The van der Waals surface area contributed by atoms with Crippen LogP contribution in [0.15, 0.2) is 79.9 Å². The number of hydrogen-bond donors (Lipinski definition) is 1. The molecule has 118 valence electrons. The predicted molar refractivity (Wildman–Crippen MR) is 97.3 cm³/mol. The van der Waals surface area contributed by atoms with E-state index in [1.807, 2.05) is 42.5 Å². The first-order chi connectivity index (χ1) is 11.2. The maximum atomic E-state index is 12.2. The molecular weight excluding hydrogens is 284 g/mol. The van der Waals surface area contributed by atoms with Crippen molar-refractivity contribution in [3.8, 4) is 11.1 Å². The Morgan fingerprint density at radius 2 is 1.48 bits per heavy atom.